The van der Waals surface area contributed by atoms with Crippen LogP contribution in [0, 0.1) is 6.92 Å². The third-order valence-electron chi connectivity index (χ3n) is 3.20. The molecule has 1 atom stereocenters. The summed E-state index contributed by atoms with van der Waals surface area (Å²) in [6.07, 6.45) is -0.457. The molecule has 1 fully saturated rings. The van der Waals surface area contributed by atoms with Crippen molar-refractivity contribution >= 4 is 26.0 Å². The Labute approximate surface area is 122 Å². The molecule has 19 heavy (non-hydrogen) atoms. The molecule has 0 amide bonds. The van der Waals surface area contributed by atoms with Crippen molar-refractivity contribution in [3.63, 3.8) is 0 Å². The third-order valence-corrected chi connectivity index (χ3v) is 5.87. The summed E-state index contributed by atoms with van der Waals surface area (Å²) in [5, 5.41) is 0.460. The number of rotatable bonds is 3. The van der Waals surface area contributed by atoms with Gasteiger partial charge >= 0.3 is 0 Å². The van der Waals surface area contributed by atoms with E-state index in [-0.39, 0.29) is 0 Å². The van der Waals surface area contributed by atoms with Gasteiger partial charge in [0.05, 0.1) is 17.0 Å². The van der Waals surface area contributed by atoms with Crippen molar-refractivity contribution in [2.45, 2.75) is 37.4 Å². The van der Waals surface area contributed by atoms with E-state index in [1.807, 2.05) is 20.8 Å². The molecule has 0 aliphatic carbocycles. The number of nitrogens with zero attached hydrogens (tertiary/aromatic N) is 1. The molecular weight excluding hydrogens is 330 g/mol. The summed E-state index contributed by atoms with van der Waals surface area (Å²) in [4.78, 5) is 0.308. The molecule has 1 aliphatic heterocycles. The minimum absolute atomic E-state index is 0.308. The molecule has 0 saturated carbocycles. The highest BCUT2D eigenvalue weighted by Gasteiger charge is 2.47. The number of hydrogen-bond donors (Lipinski definition) is 0. The van der Waals surface area contributed by atoms with Gasteiger partial charge in [0.15, 0.2) is 0 Å². The maximum Gasteiger partial charge on any atom is 0.245 e. The highest BCUT2D eigenvalue weighted by molar-refractivity contribution is 9.09. The molecule has 1 heterocycles. The molecule has 0 radical (unpaired) electrons. The van der Waals surface area contributed by atoms with Crippen LogP contribution in [0.2, 0.25) is 0 Å². The van der Waals surface area contributed by atoms with Crippen molar-refractivity contribution in [3.05, 3.63) is 29.8 Å². The van der Waals surface area contributed by atoms with Crippen LogP contribution in [0.1, 0.15) is 19.4 Å². The number of sulfonamides is 1. The van der Waals surface area contributed by atoms with Crippen LogP contribution in [0.5, 0.6) is 0 Å². The van der Waals surface area contributed by atoms with Gasteiger partial charge in [0, 0.05) is 5.33 Å². The predicted octanol–water partition coefficient (Wildman–Crippen LogP) is 2.52. The van der Waals surface area contributed by atoms with Crippen molar-refractivity contribution in [1.29, 1.82) is 0 Å². The first kappa shape index (κ1) is 15.0. The molecule has 1 saturated heterocycles. The average Bonchev–Trinajstić information content (AvgIpc) is 2.65. The van der Waals surface area contributed by atoms with Gasteiger partial charge in [0.1, 0.15) is 6.23 Å². The lowest BCUT2D eigenvalue weighted by molar-refractivity contribution is 0.0893. The Bertz CT molecular complexity index is 554. The third kappa shape index (κ3) is 2.72. The molecule has 0 spiro atoms. The van der Waals surface area contributed by atoms with Crippen LogP contribution >= 0.6 is 15.9 Å². The summed E-state index contributed by atoms with van der Waals surface area (Å²) in [7, 11) is -3.55. The van der Waals surface area contributed by atoms with E-state index in [1.165, 1.54) is 4.31 Å². The molecule has 0 aromatic heterocycles. The largest absolute Gasteiger partial charge is 0.359 e. The molecule has 1 aliphatic rings. The number of halogens is 1. The Morgan fingerprint density at radius 1 is 1.37 bits per heavy atom. The molecule has 1 aromatic carbocycles. The van der Waals surface area contributed by atoms with Gasteiger partial charge in [-0.1, -0.05) is 33.6 Å². The lowest BCUT2D eigenvalue weighted by Gasteiger charge is -2.31. The molecule has 6 heteroatoms. The first-order chi connectivity index (χ1) is 8.79. The van der Waals surface area contributed by atoms with Gasteiger partial charge < -0.3 is 4.74 Å². The fraction of sp³-hybridized carbons (Fsp3) is 0.538. The molecule has 1 unspecified atom stereocenters. The van der Waals surface area contributed by atoms with Gasteiger partial charge in [-0.15, -0.1) is 0 Å². The molecule has 1 aromatic rings. The molecule has 2 rings (SSSR count). The second kappa shape index (κ2) is 5.16. The summed E-state index contributed by atoms with van der Waals surface area (Å²) < 4.78 is 32.5. The zero-order valence-electron chi connectivity index (χ0n) is 11.3. The van der Waals surface area contributed by atoms with Crippen LogP contribution < -0.4 is 0 Å². The Morgan fingerprint density at radius 3 is 2.47 bits per heavy atom. The van der Waals surface area contributed by atoms with E-state index in [0.717, 1.165) is 5.56 Å². The van der Waals surface area contributed by atoms with Crippen LogP contribution in [-0.2, 0) is 14.8 Å². The van der Waals surface area contributed by atoms with Crippen LogP contribution in [0.4, 0.5) is 0 Å². The molecule has 4 nitrogen and oxygen atoms in total. The average molecular weight is 348 g/mol. The van der Waals surface area contributed by atoms with Gasteiger partial charge in [-0.2, -0.15) is 4.31 Å². The Hall–Kier alpha value is -0.430. The summed E-state index contributed by atoms with van der Waals surface area (Å²) in [5.41, 5.74) is 0.496. The topological polar surface area (TPSA) is 46.6 Å². The number of alkyl halides is 1. The number of aryl methyl sites for hydroxylation is 1. The number of hydrogen-bond acceptors (Lipinski definition) is 3. The van der Waals surface area contributed by atoms with Gasteiger partial charge in [-0.05, 0) is 32.9 Å². The van der Waals surface area contributed by atoms with Gasteiger partial charge in [0.2, 0.25) is 10.0 Å². The van der Waals surface area contributed by atoms with Crippen molar-refractivity contribution in [2.75, 3.05) is 11.9 Å². The van der Waals surface area contributed by atoms with Crippen LogP contribution in [0.25, 0.3) is 0 Å². The van der Waals surface area contributed by atoms with Crippen molar-refractivity contribution in [1.82, 2.24) is 4.31 Å². The first-order valence-corrected chi connectivity index (χ1v) is 8.64. The first-order valence-electron chi connectivity index (χ1n) is 6.08. The molecule has 0 N–H and O–H groups in total. The maximum atomic E-state index is 12.8. The Kier molecular flexibility index (Phi) is 4.07. The van der Waals surface area contributed by atoms with Crippen molar-refractivity contribution in [2.24, 2.45) is 0 Å². The van der Waals surface area contributed by atoms with Gasteiger partial charge in [-0.3, -0.25) is 0 Å². The highest BCUT2D eigenvalue weighted by atomic mass is 79.9. The monoisotopic (exact) mass is 347 g/mol. The maximum absolute atomic E-state index is 12.8. The fourth-order valence-corrected chi connectivity index (χ4v) is 4.76. The quantitative estimate of drug-likeness (QED) is 0.789. The minimum Gasteiger partial charge on any atom is -0.359 e. The fourth-order valence-electron chi connectivity index (χ4n) is 2.23. The van der Waals surface area contributed by atoms with E-state index in [4.69, 9.17) is 4.74 Å². The van der Waals surface area contributed by atoms with Gasteiger partial charge in [0.25, 0.3) is 0 Å². The predicted molar refractivity (Wildman–Crippen MR) is 77.8 cm³/mol. The smallest absolute Gasteiger partial charge is 0.245 e. The zero-order chi connectivity index (χ0) is 14.3. The Morgan fingerprint density at radius 2 is 1.95 bits per heavy atom. The molecular formula is C13H18BrNO3S. The van der Waals surface area contributed by atoms with Crippen LogP contribution in [0.15, 0.2) is 29.2 Å². The van der Waals surface area contributed by atoms with Crippen molar-refractivity contribution in [3.8, 4) is 0 Å². The summed E-state index contributed by atoms with van der Waals surface area (Å²) in [6.45, 7) is 6.08. The van der Waals surface area contributed by atoms with Crippen LogP contribution in [-0.4, -0.2) is 36.4 Å². The standard InChI is InChI=1S/C13H18BrNO3S/c1-10-4-6-11(7-5-10)19(16,17)15-12(8-14)18-9-13(15,2)3/h4-7,12H,8-9H2,1-3H3. The molecule has 0 bridgehead atoms. The van der Waals surface area contributed by atoms with E-state index in [0.29, 0.717) is 16.8 Å². The second-order valence-corrected chi connectivity index (χ2v) is 7.81. The number of ether oxygens (including phenoxy) is 1. The van der Waals surface area contributed by atoms with Crippen molar-refractivity contribution < 1.29 is 13.2 Å². The van der Waals surface area contributed by atoms with Crippen LogP contribution in [0.3, 0.4) is 0 Å². The highest BCUT2D eigenvalue weighted by Crippen LogP contribution is 2.34. The number of benzene rings is 1. The lowest BCUT2D eigenvalue weighted by Crippen LogP contribution is -2.48. The van der Waals surface area contributed by atoms with E-state index in [9.17, 15) is 8.42 Å². The minimum atomic E-state index is -3.55. The summed E-state index contributed by atoms with van der Waals surface area (Å²) in [5.74, 6) is 0. The van der Waals surface area contributed by atoms with E-state index >= 15 is 0 Å². The van der Waals surface area contributed by atoms with E-state index in [1.54, 1.807) is 24.3 Å². The molecule has 106 valence electrons. The van der Waals surface area contributed by atoms with Gasteiger partial charge in [-0.25, -0.2) is 8.42 Å². The van der Waals surface area contributed by atoms with E-state index in [2.05, 4.69) is 15.9 Å². The zero-order valence-corrected chi connectivity index (χ0v) is 13.7. The van der Waals surface area contributed by atoms with E-state index < -0.39 is 21.8 Å². The SMILES string of the molecule is Cc1ccc(S(=O)(=O)N2C(CBr)OCC2(C)C)cc1. The summed E-state index contributed by atoms with van der Waals surface area (Å²) in [6, 6.07) is 6.90. The normalized spacial score (nSPS) is 23.7. The lowest BCUT2D eigenvalue weighted by atomic mass is 10.1. The second-order valence-electron chi connectivity index (χ2n) is 5.35. The summed E-state index contributed by atoms with van der Waals surface area (Å²) >= 11 is 3.31. The Balaban J connectivity index is 2.45.